The van der Waals surface area contributed by atoms with Crippen LogP contribution in [0.3, 0.4) is 0 Å². The number of ether oxygens (including phenoxy) is 2. The zero-order valence-corrected chi connectivity index (χ0v) is 21.5. The number of aliphatic hydroxyl groups is 2. The molecule has 6 atom stereocenters. The maximum absolute atomic E-state index is 13.1. The maximum Gasteiger partial charge on any atom is 0.333 e. The van der Waals surface area contributed by atoms with E-state index in [-0.39, 0.29) is 13.0 Å². The number of Topliss-reactive ketones (excluding diaryl/α,β-unsaturated/α-hetero) is 1. The van der Waals surface area contributed by atoms with E-state index in [4.69, 9.17) is 9.47 Å². The molecule has 3 aliphatic carbocycles. The Hall–Kier alpha value is -2.25. The first kappa shape index (κ1) is 26.4. The first-order valence-electron chi connectivity index (χ1n) is 11.9. The molecule has 0 aromatic rings. The van der Waals surface area contributed by atoms with Crippen LogP contribution in [0.15, 0.2) is 34.9 Å². The summed E-state index contributed by atoms with van der Waals surface area (Å²) in [6.07, 6.45) is 5.51. The van der Waals surface area contributed by atoms with Gasteiger partial charge in [-0.2, -0.15) is 0 Å². The van der Waals surface area contributed by atoms with Crippen LogP contribution in [0, 0.1) is 23.2 Å². The van der Waals surface area contributed by atoms with E-state index in [1.165, 1.54) is 6.92 Å². The van der Waals surface area contributed by atoms with Gasteiger partial charge in [0.1, 0.15) is 17.8 Å². The van der Waals surface area contributed by atoms with Crippen molar-refractivity contribution >= 4 is 17.7 Å². The first-order valence-corrected chi connectivity index (χ1v) is 11.9. The van der Waals surface area contributed by atoms with Crippen molar-refractivity contribution in [1.82, 2.24) is 0 Å². The molecule has 1 saturated carbocycles. The summed E-state index contributed by atoms with van der Waals surface area (Å²) >= 11 is 0. The molecule has 0 aromatic carbocycles. The molecule has 0 aromatic heterocycles. The molecule has 0 aliphatic heterocycles. The van der Waals surface area contributed by atoms with Crippen LogP contribution < -0.4 is 0 Å². The fourth-order valence-electron chi connectivity index (χ4n) is 6.23. The third-order valence-corrected chi connectivity index (χ3v) is 8.74. The second kappa shape index (κ2) is 8.45. The summed E-state index contributed by atoms with van der Waals surface area (Å²) in [5.74, 6) is -3.20. The minimum atomic E-state index is -1.84. The molecule has 7 heteroatoms. The smallest absolute Gasteiger partial charge is 0.333 e. The van der Waals surface area contributed by atoms with Crippen molar-refractivity contribution in [3.63, 3.8) is 0 Å². The fraction of sp³-hybridized carbons (Fsp3) is 0.667. The molecule has 7 nitrogen and oxygen atoms in total. The molecular formula is C27H38O7. The van der Waals surface area contributed by atoms with Crippen molar-refractivity contribution in [2.75, 3.05) is 6.61 Å². The van der Waals surface area contributed by atoms with Crippen LogP contribution in [-0.2, 0) is 23.9 Å². The molecule has 0 radical (unpaired) electrons. The molecule has 1 unspecified atom stereocenters. The second-order valence-electron chi connectivity index (χ2n) is 11.1. The van der Waals surface area contributed by atoms with Gasteiger partial charge >= 0.3 is 11.9 Å². The van der Waals surface area contributed by atoms with E-state index in [1.807, 2.05) is 33.8 Å². The van der Waals surface area contributed by atoms with Crippen molar-refractivity contribution in [3.8, 4) is 0 Å². The van der Waals surface area contributed by atoms with Crippen LogP contribution in [0.4, 0.5) is 0 Å². The molecule has 3 aliphatic rings. The molecule has 3 rings (SSSR count). The minimum absolute atomic E-state index is 0.0482. The monoisotopic (exact) mass is 474 g/mol. The van der Waals surface area contributed by atoms with Gasteiger partial charge in [-0.1, -0.05) is 39.0 Å². The number of esters is 2. The highest BCUT2D eigenvalue weighted by Crippen LogP contribution is 2.63. The SMILES string of the molecule is C/C=C(\C)C(=O)O[C@]1(C)C[C@@H](C)[C@]2(O)[C@@H]3C=C(C)C(=O)C3(O)CC(COC(C)=O)=C[C@H]2C1(C)C. The quantitative estimate of drug-likeness (QED) is 0.365. The average molecular weight is 475 g/mol. The number of hydrogen-bond acceptors (Lipinski definition) is 7. The van der Waals surface area contributed by atoms with Gasteiger partial charge in [0.15, 0.2) is 5.78 Å². The summed E-state index contributed by atoms with van der Waals surface area (Å²) in [5.41, 5.74) is -3.62. The van der Waals surface area contributed by atoms with Crippen LogP contribution in [0.5, 0.6) is 0 Å². The number of fused-ring (bicyclic) bond motifs is 3. The van der Waals surface area contributed by atoms with Gasteiger partial charge in [0, 0.05) is 36.2 Å². The van der Waals surface area contributed by atoms with Gasteiger partial charge in [-0.15, -0.1) is 0 Å². The zero-order valence-electron chi connectivity index (χ0n) is 21.5. The van der Waals surface area contributed by atoms with Gasteiger partial charge < -0.3 is 19.7 Å². The molecule has 188 valence electrons. The number of rotatable bonds is 4. The molecule has 0 saturated heterocycles. The van der Waals surface area contributed by atoms with Crippen molar-refractivity contribution in [1.29, 1.82) is 0 Å². The standard InChI is InChI=1S/C27H38O7/c1-9-15(2)23(30)34-25(8)12-17(4)27(32)20(24(25,6)7)11-19(14-33-18(5)28)13-26(31)21(27)10-16(3)22(26)29/h9-11,17,20-21,31-32H,12-14H2,1-8H3/b15-9+/t17-,20+,21-,25-,26?,27-/m1/s1. The second-order valence-corrected chi connectivity index (χ2v) is 11.1. The highest BCUT2D eigenvalue weighted by molar-refractivity contribution is 6.04. The Labute approximate surface area is 201 Å². The zero-order chi connectivity index (χ0) is 25.9. The van der Waals surface area contributed by atoms with Gasteiger partial charge in [-0.25, -0.2) is 4.79 Å². The van der Waals surface area contributed by atoms with Gasteiger partial charge in [0.2, 0.25) is 0 Å². The number of hydrogen-bond donors (Lipinski definition) is 2. The van der Waals surface area contributed by atoms with Crippen molar-refractivity contribution in [3.05, 3.63) is 34.9 Å². The largest absolute Gasteiger partial charge is 0.461 e. The molecule has 34 heavy (non-hydrogen) atoms. The van der Waals surface area contributed by atoms with Crippen LogP contribution >= 0.6 is 0 Å². The lowest BCUT2D eigenvalue weighted by Gasteiger charge is -2.61. The highest BCUT2D eigenvalue weighted by atomic mass is 16.6. The highest BCUT2D eigenvalue weighted by Gasteiger charge is 2.69. The lowest BCUT2D eigenvalue weighted by Crippen LogP contribution is -2.68. The van der Waals surface area contributed by atoms with E-state index in [0.717, 1.165) is 0 Å². The summed E-state index contributed by atoms with van der Waals surface area (Å²) < 4.78 is 11.3. The summed E-state index contributed by atoms with van der Waals surface area (Å²) in [5, 5.41) is 24.1. The number of ketones is 1. The van der Waals surface area contributed by atoms with E-state index in [0.29, 0.717) is 23.1 Å². The number of carbonyl (C=O) groups is 3. The van der Waals surface area contributed by atoms with Crippen LogP contribution in [-0.4, -0.2) is 51.3 Å². The Morgan fingerprint density at radius 2 is 1.76 bits per heavy atom. The summed E-state index contributed by atoms with van der Waals surface area (Å²) in [6.45, 7) is 13.9. The van der Waals surface area contributed by atoms with Crippen molar-refractivity contribution in [2.24, 2.45) is 23.2 Å². The maximum atomic E-state index is 13.1. The normalized spacial score (nSPS) is 39.3. The lowest BCUT2D eigenvalue weighted by molar-refractivity contribution is -0.244. The van der Waals surface area contributed by atoms with Gasteiger partial charge in [-0.3, -0.25) is 9.59 Å². The number of carbonyl (C=O) groups excluding carboxylic acids is 3. The van der Waals surface area contributed by atoms with E-state index >= 15 is 0 Å². The lowest BCUT2D eigenvalue weighted by atomic mass is 9.48. The Bertz CT molecular complexity index is 1000. The molecule has 0 spiro atoms. The molecular weight excluding hydrogens is 436 g/mol. The molecule has 1 fully saturated rings. The Kier molecular flexibility index (Phi) is 6.55. The summed E-state index contributed by atoms with van der Waals surface area (Å²) in [7, 11) is 0. The fourth-order valence-corrected chi connectivity index (χ4v) is 6.23. The Morgan fingerprint density at radius 1 is 1.15 bits per heavy atom. The predicted octanol–water partition coefficient (Wildman–Crippen LogP) is 3.44. The van der Waals surface area contributed by atoms with E-state index in [2.05, 4.69) is 0 Å². The van der Waals surface area contributed by atoms with Crippen molar-refractivity contribution < 1.29 is 34.1 Å². The van der Waals surface area contributed by atoms with Gasteiger partial charge in [0.25, 0.3) is 0 Å². The van der Waals surface area contributed by atoms with E-state index in [9.17, 15) is 24.6 Å². The average Bonchev–Trinajstić information content (AvgIpc) is 2.90. The van der Waals surface area contributed by atoms with Gasteiger partial charge in [-0.05, 0) is 51.2 Å². The molecule has 2 N–H and O–H groups in total. The van der Waals surface area contributed by atoms with Crippen LogP contribution in [0.1, 0.15) is 68.2 Å². The van der Waals surface area contributed by atoms with E-state index < -0.39 is 57.7 Å². The molecule has 0 heterocycles. The van der Waals surface area contributed by atoms with Crippen LogP contribution in [0.25, 0.3) is 0 Å². The Morgan fingerprint density at radius 3 is 2.32 bits per heavy atom. The molecule has 0 amide bonds. The Balaban J connectivity index is 2.19. The topological polar surface area (TPSA) is 110 Å². The van der Waals surface area contributed by atoms with Crippen molar-refractivity contribution in [2.45, 2.75) is 85.0 Å². The summed E-state index contributed by atoms with van der Waals surface area (Å²) in [4.78, 5) is 37.5. The third kappa shape index (κ3) is 3.77. The predicted molar refractivity (Wildman–Crippen MR) is 126 cm³/mol. The number of allylic oxidation sites excluding steroid dienone is 1. The van der Waals surface area contributed by atoms with E-state index in [1.54, 1.807) is 32.9 Å². The summed E-state index contributed by atoms with van der Waals surface area (Å²) in [6, 6.07) is 0. The first-order chi connectivity index (χ1) is 15.5. The molecule has 0 bridgehead atoms. The van der Waals surface area contributed by atoms with Crippen LogP contribution in [0.2, 0.25) is 0 Å². The third-order valence-electron chi connectivity index (χ3n) is 8.74. The minimum Gasteiger partial charge on any atom is -0.461 e. The van der Waals surface area contributed by atoms with Gasteiger partial charge in [0.05, 0.1) is 5.60 Å².